The topological polar surface area (TPSA) is 12.9 Å². The van der Waals surface area contributed by atoms with Gasteiger partial charge in [0.15, 0.2) is 0 Å². The van der Waals surface area contributed by atoms with Crippen molar-refractivity contribution in [2.45, 2.75) is 0 Å². The lowest BCUT2D eigenvalue weighted by atomic mass is 10.2. The summed E-state index contributed by atoms with van der Waals surface area (Å²) in [6.45, 7) is 0. The van der Waals surface area contributed by atoms with Gasteiger partial charge in [0.05, 0.1) is 0 Å². The van der Waals surface area contributed by atoms with Crippen LogP contribution < -0.4 is 0 Å². The predicted molar refractivity (Wildman–Crippen MR) is 55.3 cm³/mol. The van der Waals surface area contributed by atoms with E-state index in [4.69, 9.17) is 0 Å². The van der Waals surface area contributed by atoms with E-state index < -0.39 is 0 Å². The second kappa shape index (κ2) is 3.37. The van der Waals surface area contributed by atoms with Crippen molar-refractivity contribution in [1.29, 1.82) is 0 Å². The fourth-order valence-corrected chi connectivity index (χ4v) is 2.39. The Hall–Kier alpha value is -0.670. The molecule has 0 aromatic carbocycles. The molecule has 0 atom stereocenters. The van der Waals surface area contributed by atoms with Gasteiger partial charge < -0.3 is 0 Å². The van der Waals surface area contributed by atoms with Crippen LogP contribution >= 0.6 is 27.3 Å². The van der Waals surface area contributed by atoms with Crippen molar-refractivity contribution in [2.75, 3.05) is 0 Å². The van der Waals surface area contributed by atoms with E-state index in [1.54, 1.807) is 17.5 Å². The zero-order valence-electron chi connectivity index (χ0n) is 6.20. The minimum Gasteiger partial charge on any atom is -0.264 e. The van der Waals surface area contributed by atoms with Crippen LogP contribution in [-0.4, -0.2) is 4.98 Å². The number of hydrogen-bond acceptors (Lipinski definition) is 2. The van der Waals surface area contributed by atoms with E-state index in [9.17, 15) is 0 Å². The van der Waals surface area contributed by atoms with Gasteiger partial charge in [-0.2, -0.15) is 0 Å². The number of aromatic nitrogens is 1. The van der Waals surface area contributed by atoms with Gasteiger partial charge >= 0.3 is 0 Å². The van der Waals surface area contributed by atoms with Crippen LogP contribution in [0.15, 0.2) is 40.4 Å². The zero-order valence-corrected chi connectivity index (χ0v) is 8.60. The maximum Gasteiger partial charge on any atom is 0.0369 e. The van der Waals surface area contributed by atoms with Gasteiger partial charge in [0.1, 0.15) is 0 Å². The minimum atomic E-state index is 1.13. The Bertz CT molecular complexity index is 369. The van der Waals surface area contributed by atoms with E-state index >= 15 is 0 Å². The monoisotopic (exact) mass is 239 g/mol. The van der Waals surface area contributed by atoms with Crippen LogP contribution in [0.5, 0.6) is 0 Å². The normalized spacial score (nSPS) is 10.1. The lowest BCUT2D eigenvalue weighted by molar-refractivity contribution is 1.33. The van der Waals surface area contributed by atoms with Crippen molar-refractivity contribution in [3.05, 3.63) is 40.4 Å². The van der Waals surface area contributed by atoms with E-state index in [-0.39, 0.29) is 0 Å². The molecule has 0 amide bonds. The SMILES string of the molecule is Brc1csc(-c2cccnc2)c1. The second-order valence-corrected chi connectivity index (χ2v) is 4.20. The first-order valence-corrected chi connectivity index (χ1v) is 5.18. The molecule has 0 aliphatic rings. The highest BCUT2D eigenvalue weighted by Gasteiger charge is 1.99. The number of pyridine rings is 1. The number of rotatable bonds is 1. The van der Waals surface area contributed by atoms with Gasteiger partial charge in [-0.3, -0.25) is 4.98 Å². The summed E-state index contributed by atoms with van der Waals surface area (Å²) in [7, 11) is 0. The first-order valence-electron chi connectivity index (χ1n) is 3.51. The van der Waals surface area contributed by atoms with Crippen LogP contribution in [0.4, 0.5) is 0 Å². The lowest BCUT2D eigenvalue weighted by Crippen LogP contribution is -1.72. The maximum atomic E-state index is 4.06. The summed E-state index contributed by atoms with van der Waals surface area (Å²) < 4.78 is 1.13. The summed E-state index contributed by atoms with van der Waals surface area (Å²) in [6.07, 6.45) is 3.66. The van der Waals surface area contributed by atoms with Gasteiger partial charge in [-0.05, 0) is 28.1 Å². The predicted octanol–water partition coefficient (Wildman–Crippen LogP) is 3.57. The molecule has 3 heteroatoms. The van der Waals surface area contributed by atoms with Crippen molar-refractivity contribution in [1.82, 2.24) is 4.98 Å². The summed E-state index contributed by atoms with van der Waals surface area (Å²) in [5.74, 6) is 0. The van der Waals surface area contributed by atoms with Crippen molar-refractivity contribution < 1.29 is 0 Å². The molecular formula is C9H6BrNS. The molecule has 0 radical (unpaired) electrons. The summed E-state index contributed by atoms with van der Waals surface area (Å²) in [4.78, 5) is 5.31. The highest BCUT2D eigenvalue weighted by atomic mass is 79.9. The molecule has 2 rings (SSSR count). The van der Waals surface area contributed by atoms with Gasteiger partial charge in [-0.1, -0.05) is 6.07 Å². The van der Waals surface area contributed by atoms with Crippen LogP contribution in [0.2, 0.25) is 0 Å². The van der Waals surface area contributed by atoms with Gasteiger partial charge in [0.2, 0.25) is 0 Å². The summed E-state index contributed by atoms with van der Waals surface area (Å²) in [5, 5.41) is 2.07. The van der Waals surface area contributed by atoms with E-state index in [2.05, 4.69) is 38.4 Å². The van der Waals surface area contributed by atoms with E-state index in [1.807, 2.05) is 12.3 Å². The maximum absolute atomic E-state index is 4.06. The Morgan fingerprint density at radius 2 is 2.33 bits per heavy atom. The molecule has 2 heterocycles. The molecule has 1 nitrogen and oxygen atoms in total. The number of halogens is 1. The molecule has 0 aliphatic heterocycles. The van der Waals surface area contributed by atoms with E-state index in [0.717, 1.165) is 4.47 Å². The Labute approximate surface area is 83.2 Å². The molecule has 0 N–H and O–H groups in total. The summed E-state index contributed by atoms with van der Waals surface area (Å²) in [6, 6.07) is 6.11. The van der Waals surface area contributed by atoms with E-state index in [1.165, 1.54) is 10.4 Å². The number of nitrogens with zero attached hydrogens (tertiary/aromatic N) is 1. The third-order valence-electron chi connectivity index (χ3n) is 1.51. The standard InChI is InChI=1S/C9H6BrNS/c10-8-4-9(12-6-8)7-2-1-3-11-5-7/h1-6H. The number of hydrogen-bond donors (Lipinski definition) is 0. The van der Waals surface area contributed by atoms with Crippen molar-refractivity contribution in [3.63, 3.8) is 0 Å². The fourth-order valence-electron chi connectivity index (χ4n) is 0.973. The molecule has 0 saturated carbocycles. The summed E-state index contributed by atoms with van der Waals surface area (Å²) in [5.41, 5.74) is 1.17. The zero-order chi connectivity index (χ0) is 8.39. The Morgan fingerprint density at radius 3 is 2.92 bits per heavy atom. The Morgan fingerprint density at radius 1 is 1.42 bits per heavy atom. The smallest absolute Gasteiger partial charge is 0.0369 e. The molecule has 2 aromatic rings. The molecular weight excluding hydrogens is 234 g/mol. The van der Waals surface area contributed by atoms with Crippen molar-refractivity contribution >= 4 is 27.3 Å². The summed E-state index contributed by atoms with van der Waals surface area (Å²) >= 11 is 5.14. The molecule has 0 saturated heterocycles. The highest BCUT2D eigenvalue weighted by molar-refractivity contribution is 9.10. The quantitative estimate of drug-likeness (QED) is 0.742. The Kier molecular flexibility index (Phi) is 2.23. The van der Waals surface area contributed by atoms with Gasteiger partial charge in [0, 0.05) is 32.7 Å². The van der Waals surface area contributed by atoms with Crippen molar-refractivity contribution in [2.24, 2.45) is 0 Å². The highest BCUT2D eigenvalue weighted by Crippen LogP contribution is 2.28. The van der Waals surface area contributed by atoms with E-state index in [0.29, 0.717) is 0 Å². The van der Waals surface area contributed by atoms with Crippen LogP contribution in [0, 0.1) is 0 Å². The molecule has 2 aromatic heterocycles. The molecule has 0 bridgehead atoms. The third-order valence-corrected chi connectivity index (χ3v) is 3.25. The molecule has 0 spiro atoms. The minimum absolute atomic E-state index is 1.13. The fraction of sp³-hybridized carbons (Fsp3) is 0. The van der Waals surface area contributed by atoms with Gasteiger partial charge in [-0.25, -0.2) is 0 Å². The average molecular weight is 240 g/mol. The first-order chi connectivity index (χ1) is 5.86. The Balaban J connectivity index is 2.45. The molecule has 0 fully saturated rings. The molecule has 60 valence electrons. The average Bonchev–Trinajstić information content (AvgIpc) is 2.54. The van der Waals surface area contributed by atoms with Crippen LogP contribution in [-0.2, 0) is 0 Å². The largest absolute Gasteiger partial charge is 0.264 e. The van der Waals surface area contributed by atoms with Crippen molar-refractivity contribution in [3.8, 4) is 10.4 Å². The second-order valence-electron chi connectivity index (χ2n) is 2.37. The molecule has 0 unspecified atom stereocenters. The van der Waals surface area contributed by atoms with Gasteiger partial charge in [-0.15, -0.1) is 11.3 Å². The van der Waals surface area contributed by atoms with Crippen LogP contribution in [0.3, 0.4) is 0 Å². The van der Waals surface area contributed by atoms with Gasteiger partial charge in [0.25, 0.3) is 0 Å². The third kappa shape index (κ3) is 1.57. The molecule has 12 heavy (non-hydrogen) atoms. The number of thiophene rings is 1. The molecule has 0 aliphatic carbocycles. The first kappa shape index (κ1) is 7.95. The van der Waals surface area contributed by atoms with Crippen LogP contribution in [0.25, 0.3) is 10.4 Å². The lowest BCUT2D eigenvalue weighted by Gasteiger charge is -1.92. The van der Waals surface area contributed by atoms with Crippen LogP contribution in [0.1, 0.15) is 0 Å².